The summed E-state index contributed by atoms with van der Waals surface area (Å²) in [7, 11) is 0. The Morgan fingerprint density at radius 1 is 0.667 bits per heavy atom. The van der Waals surface area contributed by atoms with Gasteiger partial charge in [-0.05, 0) is 61.0 Å². The molecule has 3 aromatic carbocycles. The first-order valence-corrected chi connectivity index (χ1v) is 15.2. The second-order valence-electron chi connectivity index (χ2n) is 11.2. The third-order valence-electron chi connectivity index (χ3n) is 7.27. The van der Waals surface area contributed by atoms with Crippen molar-refractivity contribution in [1.82, 2.24) is 4.90 Å². The molecule has 0 aromatic heterocycles. The van der Waals surface area contributed by atoms with Gasteiger partial charge in [-0.15, -0.1) is 0 Å². The minimum absolute atomic E-state index is 0.0656. The standard InChI is InChI=1S/C33H28F13NO7/c1-2-51-25(26(48)49)18-20-8-10-21(11-9-20)52-17-16-47(27(50)54-24-14-12-23(13-15-24)53-22-6-4-3-5-7-22)19-28(34,35)29(36,37)30(38,39)31(40,41)32(42,43)33(44,45)46/h3-15,25H,2,16-19H2,1H3,(H,48,49). The number of rotatable bonds is 18. The smallest absolute Gasteiger partial charge is 0.460 e. The molecule has 0 aliphatic carbocycles. The van der Waals surface area contributed by atoms with Crippen LogP contribution in [-0.2, 0) is 16.0 Å². The molecule has 0 aliphatic heterocycles. The van der Waals surface area contributed by atoms with Crippen LogP contribution >= 0.6 is 0 Å². The number of hydrogen-bond donors (Lipinski definition) is 1. The van der Waals surface area contributed by atoms with Gasteiger partial charge >= 0.3 is 47.9 Å². The van der Waals surface area contributed by atoms with Gasteiger partial charge in [0, 0.05) is 13.0 Å². The first kappa shape index (κ1) is 43.5. The maximum Gasteiger partial charge on any atom is 0.460 e. The predicted octanol–water partition coefficient (Wildman–Crippen LogP) is 9.13. The van der Waals surface area contributed by atoms with E-state index in [0.29, 0.717) is 11.3 Å². The summed E-state index contributed by atoms with van der Waals surface area (Å²) in [5.74, 6) is -39.8. The minimum Gasteiger partial charge on any atom is -0.492 e. The number of para-hydroxylation sites is 1. The van der Waals surface area contributed by atoms with Gasteiger partial charge in [0.25, 0.3) is 0 Å². The molecule has 0 fully saturated rings. The molecule has 1 amide bonds. The second-order valence-corrected chi connectivity index (χ2v) is 11.2. The first-order valence-electron chi connectivity index (χ1n) is 15.2. The SMILES string of the molecule is CCOC(Cc1ccc(OCCN(CC(F)(F)C(F)(F)C(F)(F)C(F)(F)C(F)(F)C(F)(F)F)C(=O)Oc2ccc(Oc3ccccc3)cc2)cc1)C(=O)O. The zero-order valence-corrected chi connectivity index (χ0v) is 27.4. The summed E-state index contributed by atoms with van der Waals surface area (Å²) in [4.78, 5) is 23.7. The lowest BCUT2D eigenvalue weighted by Gasteiger charge is -2.40. The zero-order valence-electron chi connectivity index (χ0n) is 27.4. The number of carbonyl (C=O) groups excluding carboxylic acids is 1. The fraction of sp³-hybridized carbons (Fsp3) is 0.394. The maximum atomic E-state index is 14.9. The fourth-order valence-corrected chi connectivity index (χ4v) is 4.37. The van der Waals surface area contributed by atoms with Gasteiger partial charge in [-0.1, -0.05) is 30.3 Å². The molecular formula is C33H28F13NO7. The van der Waals surface area contributed by atoms with Crippen molar-refractivity contribution in [2.24, 2.45) is 0 Å². The molecular weight excluding hydrogens is 769 g/mol. The number of aliphatic carboxylic acids is 1. The molecule has 1 N–H and O–H groups in total. The van der Waals surface area contributed by atoms with Gasteiger partial charge in [0.15, 0.2) is 6.10 Å². The van der Waals surface area contributed by atoms with Crippen molar-refractivity contribution in [1.29, 1.82) is 0 Å². The number of carbonyl (C=O) groups is 2. The molecule has 0 saturated heterocycles. The molecule has 0 heterocycles. The fourth-order valence-electron chi connectivity index (χ4n) is 4.37. The Hall–Kier alpha value is -4.95. The van der Waals surface area contributed by atoms with Crippen molar-refractivity contribution < 1.29 is 90.7 Å². The molecule has 0 spiro atoms. The molecule has 54 heavy (non-hydrogen) atoms. The molecule has 3 rings (SSSR count). The van der Waals surface area contributed by atoms with Crippen LogP contribution in [0.5, 0.6) is 23.0 Å². The number of hydrogen-bond acceptors (Lipinski definition) is 6. The van der Waals surface area contributed by atoms with Crippen molar-refractivity contribution in [2.75, 3.05) is 26.3 Å². The first-order chi connectivity index (χ1) is 24.9. The van der Waals surface area contributed by atoms with E-state index in [4.69, 9.17) is 18.9 Å². The van der Waals surface area contributed by atoms with E-state index in [-0.39, 0.29) is 24.5 Å². The molecule has 8 nitrogen and oxygen atoms in total. The largest absolute Gasteiger partial charge is 0.492 e. The van der Waals surface area contributed by atoms with Crippen LogP contribution in [-0.4, -0.2) is 90.3 Å². The van der Waals surface area contributed by atoms with E-state index < -0.39 is 84.3 Å². The lowest BCUT2D eigenvalue weighted by Crippen LogP contribution is -2.71. The predicted molar refractivity (Wildman–Crippen MR) is 160 cm³/mol. The Kier molecular flexibility index (Phi) is 13.4. The molecule has 1 atom stereocenters. The number of carboxylic acids is 1. The Bertz CT molecular complexity index is 1690. The van der Waals surface area contributed by atoms with Crippen molar-refractivity contribution in [2.45, 2.75) is 55.2 Å². The van der Waals surface area contributed by atoms with E-state index in [1.165, 1.54) is 36.4 Å². The van der Waals surface area contributed by atoms with Crippen molar-refractivity contribution in [3.05, 3.63) is 84.4 Å². The summed E-state index contributed by atoms with van der Waals surface area (Å²) >= 11 is 0. The Morgan fingerprint density at radius 2 is 1.17 bits per heavy atom. The second kappa shape index (κ2) is 16.6. The molecule has 21 heteroatoms. The number of ether oxygens (including phenoxy) is 4. The third kappa shape index (κ3) is 9.58. The number of alkyl halides is 13. The molecule has 1 unspecified atom stereocenters. The van der Waals surface area contributed by atoms with Gasteiger partial charge in [-0.2, -0.15) is 57.1 Å². The lowest BCUT2D eigenvalue weighted by molar-refractivity contribution is -0.440. The van der Waals surface area contributed by atoms with Crippen LogP contribution in [0.15, 0.2) is 78.9 Å². The van der Waals surface area contributed by atoms with Crippen LogP contribution < -0.4 is 14.2 Å². The van der Waals surface area contributed by atoms with Gasteiger partial charge < -0.3 is 24.1 Å². The summed E-state index contributed by atoms with van der Waals surface area (Å²) in [5.41, 5.74) is 0.393. The third-order valence-corrected chi connectivity index (χ3v) is 7.27. The summed E-state index contributed by atoms with van der Waals surface area (Å²) in [6.45, 7) is -3.61. The number of carboxylic acid groups (broad SMARTS) is 1. The van der Waals surface area contributed by atoms with Gasteiger partial charge in [0.2, 0.25) is 0 Å². The Labute approximate surface area is 297 Å². The van der Waals surface area contributed by atoms with Crippen molar-refractivity contribution in [3.63, 3.8) is 0 Å². The van der Waals surface area contributed by atoms with Crippen molar-refractivity contribution >= 4 is 12.1 Å². The van der Waals surface area contributed by atoms with E-state index in [0.717, 1.165) is 12.1 Å². The van der Waals surface area contributed by atoms with Gasteiger partial charge in [-0.25, -0.2) is 9.59 Å². The molecule has 0 aliphatic rings. The van der Waals surface area contributed by atoms with E-state index >= 15 is 0 Å². The molecule has 3 aromatic rings. The van der Waals surface area contributed by atoms with E-state index in [9.17, 15) is 71.8 Å². The van der Waals surface area contributed by atoms with Crippen LogP contribution in [0.25, 0.3) is 0 Å². The van der Waals surface area contributed by atoms with Crippen molar-refractivity contribution in [3.8, 4) is 23.0 Å². The van der Waals surface area contributed by atoms with Crippen LogP contribution in [0.1, 0.15) is 12.5 Å². The average molecular weight is 798 g/mol. The Morgan fingerprint density at radius 3 is 1.69 bits per heavy atom. The summed E-state index contributed by atoms with van der Waals surface area (Å²) in [6, 6.07) is 17.4. The number of nitrogens with zero attached hydrogens (tertiary/aromatic N) is 1. The van der Waals surface area contributed by atoms with Crippen LogP contribution in [0.3, 0.4) is 0 Å². The topological polar surface area (TPSA) is 94.5 Å². The number of benzene rings is 3. The summed E-state index contributed by atoms with van der Waals surface area (Å²) in [6.07, 6.45) is -11.0. The zero-order chi connectivity index (χ0) is 40.8. The van der Waals surface area contributed by atoms with Crippen LogP contribution in [0, 0.1) is 0 Å². The minimum atomic E-state index is -8.12. The monoisotopic (exact) mass is 797 g/mol. The molecule has 0 radical (unpaired) electrons. The molecule has 0 bridgehead atoms. The van der Waals surface area contributed by atoms with E-state index in [2.05, 4.69) is 0 Å². The average Bonchev–Trinajstić information content (AvgIpc) is 3.08. The highest BCUT2D eigenvalue weighted by molar-refractivity contribution is 5.72. The molecule has 298 valence electrons. The highest BCUT2D eigenvalue weighted by Gasteiger charge is 2.90. The van der Waals surface area contributed by atoms with Crippen LogP contribution in [0.2, 0.25) is 0 Å². The normalized spacial score (nSPS) is 13.6. The van der Waals surface area contributed by atoms with Gasteiger partial charge in [0.05, 0.1) is 13.1 Å². The highest BCUT2D eigenvalue weighted by Crippen LogP contribution is 2.60. The Balaban J connectivity index is 1.85. The number of amides is 1. The maximum absolute atomic E-state index is 14.9. The van der Waals surface area contributed by atoms with Gasteiger partial charge in [0.1, 0.15) is 29.6 Å². The van der Waals surface area contributed by atoms with Gasteiger partial charge in [-0.3, -0.25) is 4.90 Å². The summed E-state index contributed by atoms with van der Waals surface area (Å²) < 4.78 is 200. The molecule has 0 saturated carbocycles. The lowest BCUT2D eigenvalue weighted by atomic mass is 9.93. The van der Waals surface area contributed by atoms with E-state index in [1.54, 1.807) is 37.3 Å². The van der Waals surface area contributed by atoms with Crippen LogP contribution in [0.4, 0.5) is 61.9 Å². The number of halogens is 13. The summed E-state index contributed by atoms with van der Waals surface area (Å²) in [5, 5.41) is 9.22. The highest BCUT2D eigenvalue weighted by atomic mass is 19.4. The van der Waals surface area contributed by atoms with E-state index in [1.807, 2.05) is 0 Å². The quantitative estimate of drug-likeness (QED) is 0.128.